The van der Waals surface area contributed by atoms with Gasteiger partial charge in [-0.1, -0.05) is 6.07 Å². The van der Waals surface area contributed by atoms with E-state index in [1.54, 1.807) is 17.0 Å². The molecule has 0 saturated carbocycles. The molecule has 0 spiro atoms. The van der Waals surface area contributed by atoms with Gasteiger partial charge in [-0.15, -0.1) is 0 Å². The summed E-state index contributed by atoms with van der Waals surface area (Å²) in [5, 5.41) is 1.14. The van der Waals surface area contributed by atoms with Crippen LogP contribution in [0.3, 0.4) is 0 Å². The molecule has 0 unspecified atom stereocenters. The van der Waals surface area contributed by atoms with Crippen LogP contribution in [0.2, 0.25) is 0 Å². The smallest absolute Gasteiger partial charge is 0.253 e. The van der Waals surface area contributed by atoms with Crippen molar-refractivity contribution in [3.05, 3.63) is 58.9 Å². The number of nitrogens with zero attached hydrogens (tertiary/aromatic N) is 3. The van der Waals surface area contributed by atoms with Crippen LogP contribution in [0.4, 0.5) is 0 Å². The zero-order chi connectivity index (χ0) is 17.9. The topological polar surface area (TPSA) is 63.1 Å². The third-order valence-corrected chi connectivity index (χ3v) is 5.06. The minimum absolute atomic E-state index is 0.0234. The third-order valence-electron chi connectivity index (χ3n) is 5.06. The molecule has 1 aromatic carbocycles. The fourth-order valence-electron chi connectivity index (χ4n) is 3.52. The maximum Gasteiger partial charge on any atom is 0.253 e. The zero-order valence-corrected chi connectivity index (χ0v) is 15.0. The van der Waals surface area contributed by atoms with Gasteiger partial charge in [-0.2, -0.15) is 0 Å². The van der Waals surface area contributed by atoms with Crippen LogP contribution < -0.4 is 10.3 Å². The Hall–Kier alpha value is -2.60. The lowest BCUT2D eigenvalue weighted by Gasteiger charge is -2.32. The second kappa shape index (κ2) is 7.33. The molecule has 0 amide bonds. The van der Waals surface area contributed by atoms with Crippen molar-refractivity contribution in [2.24, 2.45) is 0 Å². The molecule has 6 nitrogen and oxygen atoms in total. The van der Waals surface area contributed by atoms with Crippen molar-refractivity contribution in [3.8, 4) is 5.75 Å². The second-order valence-corrected chi connectivity index (χ2v) is 6.92. The van der Waals surface area contributed by atoms with Crippen LogP contribution in [0, 0.1) is 6.92 Å². The number of likely N-dealkylation sites (tertiary alicyclic amines) is 1. The lowest BCUT2D eigenvalue weighted by molar-refractivity contribution is 0.0995. The summed E-state index contributed by atoms with van der Waals surface area (Å²) < 4.78 is 7.94. The van der Waals surface area contributed by atoms with E-state index in [2.05, 4.69) is 27.0 Å². The number of aryl methyl sites for hydroxylation is 1. The van der Waals surface area contributed by atoms with E-state index in [0.29, 0.717) is 6.54 Å². The summed E-state index contributed by atoms with van der Waals surface area (Å²) in [6.45, 7) is 5.36. The molecule has 1 fully saturated rings. The Morgan fingerprint density at radius 1 is 1.23 bits per heavy atom. The number of nitrogens with one attached hydrogen (secondary N) is 1. The van der Waals surface area contributed by atoms with Crippen molar-refractivity contribution in [2.45, 2.75) is 32.4 Å². The minimum Gasteiger partial charge on any atom is -0.490 e. The lowest BCUT2D eigenvalue weighted by Crippen LogP contribution is -2.40. The Morgan fingerprint density at radius 3 is 2.88 bits per heavy atom. The van der Waals surface area contributed by atoms with Crippen molar-refractivity contribution in [1.29, 1.82) is 0 Å². The first-order chi connectivity index (χ1) is 12.7. The van der Waals surface area contributed by atoms with Crippen molar-refractivity contribution < 1.29 is 4.74 Å². The lowest BCUT2D eigenvalue weighted by atomic mass is 10.1. The SMILES string of the molecule is Cc1cc(=O)n(CCN2CCC(Oc3cccc4[nH]ccc34)CC2)cn1. The number of H-pyrrole nitrogens is 1. The average molecular weight is 352 g/mol. The Balaban J connectivity index is 1.30. The van der Waals surface area contributed by atoms with Crippen LogP contribution in [0.1, 0.15) is 18.5 Å². The van der Waals surface area contributed by atoms with Crippen molar-refractivity contribution in [2.75, 3.05) is 19.6 Å². The van der Waals surface area contributed by atoms with Crippen LogP contribution in [0.5, 0.6) is 5.75 Å². The Morgan fingerprint density at radius 2 is 2.08 bits per heavy atom. The number of benzene rings is 1. The molecule has 1 N–H and O–H groups in total. The van der Waals surface area contributed by atoms with E-state index in [-0.39, 0.29) is 11.7 Å². The Bertz CT molecular complexity index is 938. The van der Waals surface area contributed by atoms with E-state index < -0.39 is 0 Å². The van der Waals surface area contributed by atoms with E-state index in [1.165, 1.54) is 0 Å². The first kappa shape index (κ1) is 16.8. The fraction of sp³-hybridized carbons (Fsp3) is 0.400. The molecule has 1 aliphatic heterocycles. The van der Waals surface area contributed by atoms with Gasteiger partial charge in [0.15, 0.2) is 0 Å². The van der Waals surface area contributed by atoms with Gasteiger partial charge in [-0.25, -0.2) is 4.98 Å². The van der Waals surface area contributed by atoms with E-state index >= 15 is 0 Å². The molecule has 1 aliphatic rings. The predicted octanol–water partition coefficient (Wildman–Crippen LogP) is 2.58. The van der Waals surface area contributed by atoms with Crippen molar-refractivity contribution in [1.82, 2.24) is 19.4 Å². The summed E-state index contributed by atoms with van der Waals surface area (Å²) in [6, 6.07) is 9.78. The van der Waals surface area contributed by atoms with Crippen LogP contribution in [0.15, 0.2) is 47.7 Å². The van der Waals surface area contributed by atoms with Crippen LogP contribution >= 0.6 is 0 Å². The standard InChI is InChI=1S/C20H24N4O2/c1-15-13-20(25)24(14-22-15)12-11-23-9-6-16(7-10-23)26-19-4-2-3-18-17(19)5-8-21-18/h2-5,8,13-14,16,21H,6-7,9-12H2,1H3. The molecule has 2 aromatic heterocycles. The molecule has 0 aliphatic carbocycles. The molecular weight excluding hydrogens is 328 g/mol. The van der Waals surface area contributed by atoms with E-state index in [0.717, 1.165) is 54.8 Å². The molecular formula is C20H24N4O2. The Kier molecular flexibility index (Phi) is 4.75. The summed E-state index contributed by atoms with van der Waals surface area (Å²) >= 11 is 0. The second-order valence-electron chi connectivity index (χ2n) is 6.92. The molecule has 0 atom stereocenters. The van der Waals surface area contributed by atoms with Gasteiger partial charge < -0.3 is 14.6 Å². The minimum atomic E-state index is 0.0234. The van der Waals surface area contributed by atoms with Crippen molar-refractivity contribution >= 4 is 10.9 Å². The Labute approximate surface area is 152 Å². The first-order valence-corrected chi connectivity index (χ1v) is 9.17. The zero-order valence-electron chi connectivity index (χ0n) is 15.0. The number of fused-ring (bicyclic) bond motifs is 1. The summed E-state index contributed by atoms with van der Waals surface area (Å²) in [4.78, 5) is 21.8. The molecule has 136 valence electrons. The normalized spacial score (nSPS) is 16.2. The largest absolute Gasteiger partial charge is 0.490 e. The molecule has 6 heteroatoms. The average Bonchev–Trinajstić information content (AvgIpc) is 3.12. The van der Waals surface area contributed by atoms with Gasteiger partial charge in [0.1, 0.15) is 11.9 Å². The van der Waals surface area contributed by atoms with E-state index in [1.807, 2.05) is 25.3 Å². The van der Waals surface area contributed by atoms with Gasteiger partial charge in [-0.05, 0) is 38.0 Å². The number of rotatable bonds is 5. The van der Waals surface area contributed by atoms with E-state index in [9.17, 15) is 4.79 Å². The molecule has 4 rings (SSSR count). The highest BCUT2D eigenvalue weighted by Gasteiger charge is 2.21. The highest BCUT2D eigenvalue weighted by Crippen LogP contribution is 2.27. The highest BCUT2D eigenvalue weighted by molar-refractivity contribution is 5.85. The molecule has 1 saturated heterocycles. The number of piperidine rings is 1. The van der Waals surface area contributed by atoms with Crippen LogP contribution in [-0.4, -0.2) is 45.2 Å². The quantitative estimate of drug-likeness (QED) is 0.767. The van der Waals surface area contributed by atoms with Gasteiger partial charge >= 0.3 is 0 Å². The third kappa shape index (κ3) is 3.65. The monoisotopic (exact) mass is 352 g/mol. The van der Waals surface area contributed by atoms with Gasteiger partial charge in [0.05, 0.1) is 6.33 Å². The molecule has 0 radical (unpaired) electrons. The predicted molar refractivity (Wildman–Crippen MR) is 102 cm³/mol. The maximum atomic E-state index is 11.9. The number of ether oxygens (including phenoxy) is 1. The fourth-order valence-corrected chi connectivity index (χ4v) is 3.52. The van der Waals surface area contributed by atoms with Gasteiger partial charge in [0.2, 0.25) is 0 Å². The summed E-state index contributed by atoms with van der Waals surface area (Å²) in [5.74, 6) is 0.958. The number of hydrogen-bond acceptors (Lipinski definition) is 4. The van der Waals surface area contributed by atoms with Gasteiger partial charge in [0, 0.05) is 55.0 Å². The maximum absolute atomic E-state index is 11.9. The summed E-state index contributed by atoms with van der Waals surface area (Å²) in [6.07, 6.45) is 5.84. The summed E-state index contributed by atoms with van der Waals surface area (Å²) in [5.41, 5.74) is 1.90. The summed E-state index contributed by atoms with van der Waals surface area (Å²) in [7, 11) is 0. The number of aromatic nitrogens is 3. The molecule has 26 heavy (non-hydrogen) atoms. The number of hydrogen-bond donors (Lipinski definition) is 1. The van der Waals surface area contributed by atoms with Gasteiger partial charge in [0.25, 0.3) is 5.56 Å². The van der Waals surface area contributed by atoms with Crippen LogP contribution in [0.25, 0.3) is 10.9 Å². The van der Waals surface area contributed by atoms with Crippen LogP contribution in [-0.2, 0) is 6.54 Å². The van der Waals surface area contributed by atoms with E-state index in [4.69, 9.17) is 4.74 Å². The van der Waals surface area contributed by atoms with Gasteiger partial charge in [-0.3, -0.25) is 9.36 Å². The first-order valence-electron chi connectivity index (χ1n) is 9.17. The molecule has 0 bridgehead atoms. The number of aromatic amines is 1. The molecule has 3 aromatic rings. The van der Waals surface area contributed by atoms with Crippen molar-refractivity contribution in [3.63, 3.8) is 0 Å². The molecule has 3 heterocycles. The highest BCUT2D eigenvalue weighted by atomic mass is 16.5.